The van der Waals surface area contributed by atoms with E-state index in [1.165, 1.54) is 29.7 Å². The van der Waals surface area contributed by atoms with Gasteiger partial charge in [0, 0.05) is 29.0 Å². The van der Waals surface area contributed by atoms with Gasteiger partial charge in [-0.05, 0) is 43.4 Å². The maximum atomic E-state index is 12.5. The first kappa shape index (κ1) is 16.8. The van der Waals surface area contributed by atoms with Crippen LogP contribution >= 0.6 is 11.3 Å². The van der Waals surface area contributed by atoms with E-state index in [-0.39, 0.29) is 11.8 Å². The fourth-order valence-electron chi connectivity index (χ4n) is 3.54. The molecule has 1 aliphatic rings. The number of nitrogens with zero attached hydrogens (tertiary/aromatic N) is 1. The third-order valence-electron chi connectivity index (χ3n) is 4.90. The summed E-state index contributed by atoms with van der Waals surface area (Å²) < 4.78 is 1.91. The summed E-state index contributed by atoms with van der Waals surface area (Å²) >= 11 is 1.54. The lowest BCUT2D eigenvalue weighted by atomic mass is 10.1. The summed E-state index contributed by atoms with van der Waals surface area (Å²) in [5.74, 6) is -0.565. The smallest absolute Gasteiger partial charge is 0.279 e. The molecule has 0 saturated carbocycles. The molecule has 2 amide bonds. The maximum Gasteiger partial charge on any atom is 0.279 e. The predicted octanol–water partition coefficient (Wildman–Crippen LogP) is 3.58. The Hall–Kier alpha value is -2.60. The van der Waals surface area contributed by atoms with Gasteiger partial charge in [0.1, 0.15) is 0 Å². The van der Waals surface area contributed by atoms with Gasteiger partial charge in [0.2, 0.25) is 0 Å². The van der Waals surface area contributed by atoms with Gasteiger partial charge in [-0.2, -0.15) is 0 Å². The van der Waals surface area contributed by atoms with Gasteiger partial charge in [-0.25, -0.2) is 0 Å². The number of carbonyl (C=O) groups is 2. The number of rotatable bonds is 2. The van der Waals surface area contributed by atoms with Crippen LogP contribution in [0.5, 0.6) is 0 Å². The Kier molecular flexibility index (Phi) is 4.51. The molecule has 134 valence electrons. The van der Waals surface area contributed by atoms with Crippen LogP contribution in [0.3, 0.4) is 0 Å². The summed E-state index contributed by atoms with van der Waals surface area (Å²) in [5, 5.41) is 0.865. The molecule has 1 aromatic carbocycles. The van der Waals surface area contributed by atoms with E-state index in [1.54, 1.807) is 17.5 Å². The van der Waals surface area contributed by atoms with Crippen molar-refractivity contribution in [2.75, 3.05) is 0 Å². The number of hydrazine groups is 1. The van der Waals surface area contributed by atoms with E-state index in [4.69, 9.17) is 0 Å². The fourth-order valence-corrected chi connectivity index (χ4v) is 4.69. The van der Waals surface area contributed by atoms with Gasteiger partial charge in [-0.1, -0.05) is 24.6 Å². The maximum absolute atomic E-state index is 12.5. The minimum Gasteiger partial charge on any atom is -0.350 e. The standard InChI is InChI=1S/C20H21N3O2S/c1-23-12-15(14-8-5-6-9-16(14)23)19(24)21-22-20(25)18-11-13-7-3-2-4-10-17(13)26-18/h5-6,8-9,11-12H,2-4,7,10H2,1H3,(H,21,24)(H,22,25). The van der Waals surface area contributed by atoms with E-state index in [1.807, 2.05) is 41.9 Å². The molecule has 3 aromatic rings. The Labute approximate surface area is 156 Å². The minimum absolute atomic E-state index is 0.253. The summed E-state index contributed by atoms with van der Waals surface area (Å²) in [7, 11) is 1.90. The Bertz CT molecular complexity index is 963. The summed E-state index contributed by atoms with van der Waals surface area (Å²) in [6, 6.07) is 9.68. The predicted molar refractivity (Wildman–Crippen MR) is 103 cm³/mol. The molecule has 0 radical (unpaired) electrons. The lowest BCUT2D eigenvalue weighted by molar-refractivity contribution is 0.0849. The van der Waals surface area contributed by atoms with Gasteiger partial charge >= 0.3 is 0 Å². The van der Waals surface area contributed by atoms with Crippen molar-refractivity contribution in [3.8, 4) is 0 Å². The highest BCUT2D eigenvalue weighted by atomic mass is 32.1. The number of hydrogen-bond acceptors (Lipinski definition) is 3. The second-order valence-corrected chi connectivity index (χ2v) is 7.84. The van der Waals surface area contributed by atoms with Crippen LogP contribution in [0.15, 0.2) is 36.5 Å². The Balaban J connectivity index is 1.46. The van der Waals surface area contributed by atoms with Crippen LogP contribution in [0.25, 0.3) is 10.9 Å². The minimum atomic E-state index is -0.312. The average Bonchev–Trinajstić information content (AvgIpc) is 3.14. The van der Waals surface area contributed by atoms with Gasteiger partial charge < -0.3 is 4.57 Å². The molecule has 5 nitrogen and oxygen atoms in total. The van der Waals surface area contributed by atoms with Crippen LogP contribution in [0.2, 0.25) is 0 Å². The lowest BCUT2D eigenvalue weighted by Gasteiger charge is -2.05. The van der Waals surface area contributed by atoms with Crippen LogP contribution in [0.1, 0.15) is 49.7 Å². The van der Waals surface area contributed by atoms with Gasteiger partial charge in [-0.15, -0.1) is 11.3 Å². The molecular formula is C20H21N3O2S. The van der Waals surface area contributed by atoms with Crippen LogP contribution in [-0.4, -0.2) is 16.4 Å². The Morgan fingerprint density at radius 1 is 1.04 bits per heavy atom. The van der Waals surface area contributed by atoms with E-state index in [9.17, 15) is 9.59 Å². The van der Waals surface area contributed by atoms with Crippen molar-refractivity contribution in [2.45, 2.75) is 32.1 Å². The van der Waals surface area contributed by atoms with E-state index < -0.39 is 0 Å². The molecule has 0 atom stereocenters. The first-order valence-corrected chi connectivity index (χ1v) is 9.71. The van der Waals surface area contributed by atoms with Crippen LogP contribution in [0, 0.1) is 0 Å². The number of hydrogen-bond donors (Lipinski definition) is 2. The average molecular weight is 367 g/mol. The molecule has 0 saturated heterocycles. The van der Waals surface area contributed by atoms with Crippen molar-refractivity contribution in [3.05, 3.63) is 57.4 Å². The number of fused-ring (bicyclic) bond motifs is 2. The van der Waals surface area contributed by atoms with Crippen LogP contribution in [0.4, 0.5) is 0 Å². The van der Waals surface area contributed by atoms with Gasteiger partial charge in [0.05, 0.1) is 10.4 Å². The van der Waals surface area contributed by atoms with E-state index in [2.05, 4.69) is 10.9 Å². The molecule has 1 aliphatic carbocycles. The zero-order chi connectivity index (χ0) is 18.1. The van der Waals surface area contributed by atoms with Crippen LogP contribution < -0.4 is 10.9 Å². The third kappa shape index (κ3) is 3.12. The molecule has 0 fully saturated rings. The molecule has 0 bridgehead atoms. The normalized spacial score (nSPS) is 13.9. The number of aromatic nitrogens is 1. The summed E-state index contributed by atoms with van der Waals surface area (Å²) in [6.45, 7) is 0. The quantitative estimate of drug-likeness (QED) is 0.537. The van der Waals surface area contributed by atoms with Crippen molar-refractivity contribution in [2.24, 2.45) is 7.05 Å². The SMILES string of the molecule is Cn1cc(C(=O)NNC(=O)c2cc3c(s2)CCCCC3)c2ccccc21. The van der Waals surface area contributed by atoms with Crippen molar-refractivity contribution in [1.29, 1.82) is 0 Å². The number of aryl methyl sites for hydroxylation is 3. The molecule has 2 N–H and O–H groups in total. The summed E-state index contributed by atoms with van der Waals surface area (Å²) in [5.41, 5.74) is 7.92. The summed E-state index contributed by atoms with van der Waals surface area (Å²) in [6.07, 6.45) is 7.50. The molecule has 2 aromatic heterocycles. The van der Waals surface area contributed by atoms with Gasteiger partial charge in [0.15, 0.2) is 0 Å². The summed E-state index contributed by atoms with van der Waals surface area (Å²) in [4.78, 5) is 26.9. The monoisotopic (exact) mass is 367 g/mol. The number of carbonyl (C=O) groups excluding carboxylic acids is 2. The van der Waals surface area contributed by atoms with Gasteiger partial charge in [0.25, 0.3) is 11.8 Å². The molecule has 2 heterocycles. The third-order valence-corrected chi connectivity index (χ3v) is 6.14. The van der Waals surface area contributed by atoms with E-state index in [0.29, 0.717) is 10.4 Å². The second kappa shape index (κ2) is 6.96. The zero-order valence-electron chi connectivity index (χ0n) is 14.7. The molecule has 0 aliphatic heterocycles. The van der Waals surface area contributed by atoms with E-state index in [0.717, 1.165) is 23.7 Å². The fraction of sp³-hybridized carbons (Fsp3) is 0.300. The van der Waals surface area contributed by atoms with Crippen molar-refractivity contribution in [1.82, 2.24) is 15.4 Å². The molecule has 0 spiro atoms. The Morgan fingerprint density at radius 2 is 1.81 bits per heavy atom. The van der Waals surface area contributed by atoms with Crippen molar-refractivity contribution in [3.63, 3.8) is 0 Å². The number of thiophene rings is 1. The second-order valence-electron chi connectivity index (χ2n) is 6.70. The first-order valence-electron chi connectivity index (χ1n) is 8.90. The lowest BCUT2D eigenvalue weighted by Crippen LogP contribution is -2.41. The molecule has 4 rings (SSSR count). The number of benzene rings is 1. The van der Waals surface area contributed by atoms with Crippen LogP contribution in [-0.2, 0) is 19.9 Å². The Morgan fingerprint density at radius 3 is 2.69 bits per heavy atom. The highest BCUT2D eigenvalue weighted by molar-refractivity contribution is 7.14. The van der Waals surface area contributed by atoms with Crippen molar-refractivity contribution < 1.29 is 9.59 Å². The largest absolute Gasteiger partial charge is 0.350 e. The molecule has 26 heavy (non-hydrogen) atoms. The first-order chi connectivity index (χ1) is 12.6. The van der Waals surface area contributed by atoms with Crippen molar-refractivity contribution >= 4 is 34.1 Å². The molecule has 6 heteroatoms. The van der Waals surface area contributed by atoms with E-state index >= 15 is 0 Å². The highest BCUT2D eigenvalue weighted by Gasteiger charge is 2.18. The number of para-hydroxylation sites is 1. The topological polar surface area (TPSA) is 63.1 Å². The highest BCUT2D eigenvalue weighted by Crippen LogP contribution is 2.28. The zero-order valence-corrected chi connectivity index (χ0v) is 15.5. The molecular weight excluding hydrogens is 346 g/mol. The van der Waals surface area contributed by atoms with Gasteiger partial charge in [-0.3, -0.25) is 20.4 Å². The number of nitrogens with one attached hydrogen (secondary N) is 2. The molecule has 0 unspecified atom stereocenters. The number of amides is 2.